The molecule has 0 radical (unpaired) electrons. The number of pyridine rings is 1. The minimum Gasteiger partial charge on any atom is -0.497 e. The zero-order chi connectivity index (χ0) is 19.9. The first kappa shape index (κ1) is 19.2. The number of nitrogens with one attached hydrogen (secondary N) is 1. The predicted octanol–water partition coefficient (Wildman–Crippen LogP) is 3.56. The normalized spacial score (nSPS) is 10.4. The maximum Gasteiger partial charge on any atom is 0.257 e. The number of carbonyl (C=O) groups excluding carboxylic acids is 1. The van der Waals surface area contributed by atoms with Gasteiger partial charge in [0.2, 0.25) is 0 Å². The number of rotatable bonds is 7. The summed E-state index contributed by atoms with van der Waals surface area (Å²) in [6.45, 7) is 2.84. The fourth-order valence-corrected chi connectivity index (χ4v) is 2.76. The molecule has 0 saturated carbocycles. The Balaban J connectivity index is 1.76. The number of carbonyl (C=O) groups is 1. The van der Waals surface area contributed by atoms with Crippen LogP contribution in [0.5, 0.6) is 11.5 Å². The summed E-state index contributed by atoms with van der Waals surface area (Å²) >= 11 is 0. The molecule has 6 nitrogen and oxygen atoms in total. The van der Waals surface area contributed by atoms with Crippen molar-refractivity contribution in [1.82, 2.24) is 4.57 Å². The van der Waals surface area contributed by atoms with E-state index >= 15 is 0 Å². The lowest BCUT2D eigenvalue weighted by Crippen LogP contribution is -2.22. The molecule has 1 heterocycles. The molecular formula is C22H22N2O4. The number of benzene rings is 2. The third kappa shape index (κ3) is 4.79. The molecule has 0 saturated heterocycles. The Morgan fingerprint density at radius 2 is 1.82 bits per heavy atom. The fraction of sp³-hybridized carbons (Fsp3) is 0.182. The molecule has 2 aromatic carbocycles. The third-order valence-corrected chi connectivity index (χ3v) is 4.16. The largest absolute Gasteiger partial charge is 0.497 e. The van der Waals surface area contributed by atoms with E-state index in [4.69, 9.17) is 9.47 Å². The van der Waals surface area contributed by atoms with Crippen LogP contribution in [0.4, 0.5) is 5.69 Å². The zero-order valence-corrected chi connectivity index (χ0v) is 15.8. The van der Waals surface area contributed by atoms with Crippen LogP contribution in [0.1, 0.15) is 22.8 Å². The van der Waals surface area contributed by atoms with Gasteiger partial charge in [-0.3, -0.25) is 9.59 Å². The molecule has 0 aliphatic carbocycles. The van der Waals surface area contributed by atoms with Gasteiger partial charge >= 0.3 is 0 Å². The van der Waals surface area contributed by atoms with Crippen molar-refractivity contribution in [2.75, 3.05) is 19.0 Å². The second-order valence-electron chi connectivity index (χ2n) is 6.15. The van der Waals surface area contributed by atoms with Crippen LogP contribution < -0.4 is 20.3 Å². The Morgan fingerprint density at radius 3 is 2.54 bits per heavy atom. The van der Waals surface area contributed by atoms with Crippen LogP contribution in [0.3, 0.4) is 0 Å². The van der Waals surface area contributed by atoms with Gasteiger partial charge in [-0.1, -0.05) is 12.1 Å². The topological polar surface area (TPSA) is 69.6 Å². The van der Waals surface area contributed by atoms with E-state index in [1.807, 2.05) is 31.2 Å². The first-order chi connectivity index (χ1) is 13.6. The van der Waals surface area contributed by atoms with Gasteiger partial charge in [0.1, 0.15) is 11.5 Å². The molecule has 144 valence electrons. The standard InChI is InChI=1S/C22H22N2O4/c1-3-28-19-10-8-18(9-11-19)23-22(26)17-7-12-21(25)24(15-17)14-16-5-4-6-20(13-16)27-2/h4-13,15H,3,14H2,1-2H3,(H,23,26). The van der Waals surface area contributed by atoms with Gasteiger partial charge in [0.05, 0.1) is 25.8 Å². The minimum absolute atomic E-state index is 0.180. The van der Waals surface area contributed by atoms with Crippen molar-refractivity contribution in [3.05, 3.63) is 88.3 Å². The predicted molar refractivity (Wildman–Crippen MR) is 108 cm³/mol. The average molecular weight is 378 g/mol. The lowest BCUT2D eigenvalue weighted by Gasteiger charge is -2.10. The second kappa shape index (κ2) is 8.90. The summed E-state index contributed by atoms with van der Waals surface area (Å²) in [5.74, 6) is 1.17. The number of hydrogen-bond donors (Lipinski definition) is 1. The van der Waals surface area contributed by atoms with Crippen LogP contribution in [0.2, 0.25) is 0 Å². The molecule has 0 bridgehead atoms. The first-order valence-corrected chi connectivity index (χ1v) is 8.96. The van der Waals surface area contributed by atoms with Crippen LogP contribution in [-0.2, 0) is 6.54 Å². The summed E-state index contributed by atoms with van der Waals surface area (Å²) in [5.41, 5.74) is 1.78. The number of methoxy groups -OCH3 is 1. The molecule has 0 spiro atoms. The molecule has 28 heavy (non-hydrogen) atoms. The summed E-state index contributed by atoms with van der Waals surface area (Å²) in [7, 11) is 1.59. The Morgan fingerprint density at radius 1 is 1.04 bits per heavy atom. The monoisotopic (exact) mass is 378 g/mol. The molecule has 0 atom stereocenters. The summed E-state index contributed by atoms with van der Waals surface area (Å²) in [5, 5.41) is 2.83. The quantitative estimate of drug-likeness (QED) is 0.683. The molecule has 1 N–H and O–H groups in total. The van der Waals surface area contributed by atoms with Crippen molar-refractivity contribution in [2.24, 2.45) is 0 Å². The minimum atomic E-state index is -0.288. The molecule has 0 aliphatic rings. The maximum atomic E-state index is 12.6. The maximum absolute atomic E-state index is 12.6. The van der Waals surface area contributed by atoms with Crippen LogP contribution in [0, 0.1) is 0 Å². The van der Waals surface area contributed by atoms with Crippen molar-refractivity contribution >= 4 is 11.6 Å². The second-order valence-corrected chi connectivity index (χ2v) is 6.15. The molecule has 3 rings (SSSR count). The van der Waals surface area contributed by atoms with Crippen LogP contribution >= 0.6 is 0 Å². The smallest absolute Gasteiger partial charge is 0.257 e. The summed E-state index contributed by atoms with van der Waals surface area (Å²) in [4.78, 5) is 24.8. The van der Waals surface area contributed by atoms with Crippen LogP contribution in [0.25, 0.3) is 0 Å². The number of nitrogens with zero attached hydrogens (tertiary/aromatic N) is 1. The number of ether oxygens (including phenoxy) is 2. The molecule has 0 aliphatic heterocycles. The Bertz CT molecular complexity index is 1010. The van der Waals surface area contributed by atoms with Gasteiger partial charge in [0.15, 0.2) is 0 Å². The molecule has 1 aromatic heterocycles. The van der Waals surface area contributed by atoms with E-state index in [1.54, 1.807) is 37.6 Å². The molecule has 0 unspecified atom stereocenters. The Labute approximate surface area is 163 Å². The van der Waals surface area contributed by atoms with Crippen LogP contribution in [-0.4, -0.2) is 24.2 Å². The first-order valence-electron chi connectivity index (χ1n) is 8.96. The number of amides is 1. The van der Waals surface area contributed by atoms with E-state index < -0.39 is 0 Å². The van der Waals surface area contributed by atoms with Gasteiger partial charge in [-0.15, -0.1) is 0 Å². The van der Waals surface area contributed by atoms with Gasteiger partial charge in [-0.2, -0.15) is 0 Å². The highest BCUT2D eigenvalue weighted by atomic mass is 16.5. The molecule has 6 heteroatoms. The van der Waals surface area contributed by atoms with Crippen LogP contribution in [0.15, 0.2) is 71.7 Å². The Kier molecular flexibility index (Phi) is 6.11. The van der Waals surface area contributed by atoms with Gasteiger partial charge in [-0.25, -0.2) is 0 Å². The zero-order valence-electron chi connectivity index (χ0n) is 15.8. The van der Waals surface area contributed by atoms with E-state index in [9.17, 15) is 9.59 Å². The fourth-order valence-electron chi connectivity index (χ4n) is 2.76. The van der Waals surface area contributed by atoms with Gasteiger partial charge in [0.25, 0.3) is 11.5 Å². The average Bonchev–Trinajstić information content (AvgIpc) is 2.71. The third-order valence-electron chi connectivity index (χ3n) is 4.16. The molecule has 1 amide bonds. The lowest BCUT2D eigenvalue weighted by molar-refractivity contribution is 0.102. The lowest BCUT2D eigenvalue weighted by atomic mass is 10.2. The Hall–Kier alpha value is -3.54. The SMILES string of the molecule is CCOc1ccc(NC(=O)c2ccc(=O)n(Cc3cccc(OC)c3)c2)cc1. The van der Waals surface area contributed by atoms with E-state index in [1.165, 1.54) is 16.7 Å². The van der Waals surface area contributed by atoms with E-state index in [-0.39, 0.29) is 11.5 Å². The van der Waals surface area contributed by atoms with Gasteiger partial charge in [0, 0.05) is 18.0 Å². The summed E-state index contributed by atoms with van der Waals surface area (Å²) < 4.78 is 12.1. The van der Waals surface area contributed by atoms with Gasteiger partial charge < -0.3 is 19.4 Å². The van der Waals surface area contributed by atoms with E-state index in [2.05, 4.69) is 5.32 Å². The van der Waals surface area contributed by atoms with Crippen molar-refractivity contribution < 1.29 is 14.3 Å². The van der Waals surface area contributed by atoms with Gasteiger partial charge in [-0.05, 0) is 55.0 Å². The molecular weight excluding hydrogens is 356 g/mol. The number of anilines is 1. The van der Waals surface area contributed by atoms with Crippen molar-refractivity contribution in [2.45, 2.75) is 13.5 Å². The van der Waals surface area contributed by atoms with E-state index in [0.29, 0.717) is 24.4 Å². The van der Waals surface area contributed by atoms with Crippen molar-refractivity contribution in [1.29, 1.82) is 0 Å². The highest BCUT2D eigenvalue weighted by molar-refractivity contribution is 6.04. The summed E-state index contributed by atoms with van der Waals surface area (Å²) in [6.07, 6.45) is 1.56. The summed E-state index contributed by atoms with van der Waals surface area (Å²) in [6, 6.07) is 17.5. The van der Waals surface area contributed by atoms with E-state index in [0.717, 1.165) is 17.1 Å². The molecule has 3 aromatic rings. The highest BCUT2D eigenvalue weighted by Crippen LogP contribution is 2.17. The number of aromatic nitrogens is 1. The van der Waals surface area contributed by atoms with Crippen molar-refractivity contribution in [3.63, 3.8) is 0 Å². The highest BCUT2D eigenvalue weighted by Gasteiger charge is 2.09. The number of hydrogen-bond acceptors (Lipinski definition) is 4. The molecule has 0 fully saturated rings. The van der Waals surface area contributed by atoms with Crippen molar-refractivity contribution in [3.8, 4) is 11.5 Å².